The third-order valence-electron chi connectivity index (χ3n) is 1.29. The number of aromatic amines is 1. The maximum Gasteiger partial charge on any atom is 0.170 e. The van der Waals surface area contributed by atoms with E-state index in [9.17, 15) is 0 Å². The molecular formula is C6H7N3O2. The summed E-state index contributed by atoms with van der Waals surface area (Å²) in [5.74, 6) is 0. The lowest BCUT2D eigenvalue weighted by atomic mass is 10.1. The van der Waals surface area contributed by atoms with Crippen molar-refractivity contribution in [2.45, 2.75) is 12.2 Å². The third kappa shape index (κ3) is 1.55. The van der Waals surface area contributed by atoms with E-state index in [1.165, 1.54) is 18.5 Å². The summed E-state index contributed by atoms with van der Waals surface area (Å²) in [6.45, 7) is 0. The molecular weight excluding hydrogens is 146 g/mol. The molecule has 5 nitrogen and oxygen atoms in total. The lowest BCUT2D eigenvalue weighted by Gasteiger charge is -2.07. The van der Waals surface area contributed by atoms with E-state index in [4.69, 9.17) is 15.5 Å². The third-order valence-corrected chi connectivity index (χ3v) is 1.29. The fraction of sp³-hybridized carbons (Fsp3) is 0.333. The summed E-state index contributed by atoms with van der Waals surface area (Å²) in [5.41, 5.74) is 0.402. The predicted molar refractivity (Wildman–Crippen MR) is 35.2 cm³/mol. The normalized spacial score (nSPS) is 15.4. The van der Waals surface area contributed by atoms with Gasteiger partial charge in [-0.05, 0) is 0 Å². The molecule has 0 spiro atoms. The number of hydrogen-bond donors (Lipinski definition) is 3. The van der Waals surface area contributed by atoms with Crippen LogP contribution in [0.5, 0.6) is 0 Å². The van der Waals surface area contributed by atoms with Crippen LogP contribution in [0.1, 0.15) is 11.7 Å². The number of nitriles is 1. The van der Waals surface area contributed by atoms with Crippen molar-refractivity contribution < 1.29 is 10.2 Å². The van der Waals surface area contributed by atoms with Gasteiger partial charge in [-0.15, -0.1) is 0 Å². The van der Waals surface area contributed by atoms with Gasteiger partial charge < -0.3 is 10.2 Å². The van der Waals surface area contributed by atoms with Crippen molar-refractivity contribution in [1.29, 1.82) is 5.26 Å². The highest BCUT2D eigenvalue weighted by Gasteiger charge is 2.17. The minimum atomic E-state index is -1.40. The van der Waals surface area contributed by atoms with Gasteiger partial charge in [0.25, 0.3) is 0 Å². The molecule has 1 rings (SSSR count). The highest BCUT2D eigenvalue weighted by atomic mass is 16.3. The Labute approximate surface area is 62.9 Å². The summed E-state index contributed by atoms with van der Waals surface area (Å²) in [5, 5.41) is 32.2. The van der Waals surface area contributed by atoms with Crippen LogP contribution >= 0.6 is 0 Å². The number of nitrogens with zero attached hydrogens (tertiary/aromatic N) is 2. The first-order chi connectivity index (χ1) is 5.25. The maximum absolute atomic E-state index is 9.15. The second-order valence-corrected chi connectivity index (χ2v) is 2.05. The smallest absolute Gasteiger partial charge is 0.170 e. The summed E-state index contributed by atoms with van der Waals surface area (Å²) >= 11 is 0. The molecule has 58 valence electrons. The predicted octanol–water partition coefficient (Wildman–Crippen LogP) is -0.672. The van der Waals surface area contributed by atoms with E-state index < -0.39 is 12.2 Å². The van der Waals surface area contributed by atoms with Crippen molar-refractivity contribution in [1.82, 2.24) is 10.2 Å². The van der Waals surface area contributed by atoms with Crippen LogP contribution < -0.4 is 0 Å². The molecule has 11 heavy (non-hydrogen) atoms. The summed E-state index contributed by atoms with van der Waals surface area (Å²) in [6.07, 6.45) is 0.197. The fourth-order valence-electron chi connectivity index (χ4n) is 0.676. The van der Waals surface area contributed by atoms with E-state index >= 15 is 0 Å². The molecule has 3 N–H and O–H groups in total. The van der Waals surface area contributed by atoms with Gasteiger partial charge in [-0.25, -0.2) is 0 Å². The standard InChI is InChI=1S/C6H7N3O2/c7-1-5(10)6(11)4-2-8-9-3-4/h2-3,5-6,10-11H,(H,8,9). The number of aliphatic hydroxyl groups is 2. The van der Waals surface area contributed by atoms with Crippen LogP contribution in [-0.2, 0) is 0 Å². The Balaban J connectivity index is 2.71. The van der Waals surface area contributed by atoms with Gasteiger partial charge in [0.15, 0.2) is 6.10 Å². The van der Waals surface area contributed by atoms with Crippen molar-refractivity contribution in [2.75, 3.05) is 0 Å². The Hall–Kier alpha value is -1.38. The van der Waals surface area contributed by atoms with Crippen molar-refractivity contribution in [3.05, 3.63) is 18.0 Å². The van der Waals surface area contributed by atoms with Crippen LogP contribution in [0, 0.1) is 11.3 Å². The Morgan fingerprint density at radius 3 is 2.82 bits per heavy atom. The van der Waals surface area contributed by atoms with Crippen LogP contribution in [0.25, 0.3) is 0 Å². The molecule has 1 heterocycles. The van der Waals surface area contributed by atoms with Crippen LogP contribution in [0.3, 0.4) is 0 Å². The van der Waals surface area contributed by atoms with Gasteiger partial charge in [0, 0.05) is 11.8 Å². The van der Waals surface area contributed by atoms with Crippen LogP contribution in [0.15, 0.2) is 12.4 Å². The van der Waals surface area contributed by atoms with Gasteiger partial charge in [0.2, 0.25) is 0 Å². The van der Waals surface area contributed by atoms with E-state index in [1.54, 1.807) is 0 Å². The van der Waals surface area contributed by atoms with Gasteiger partial charge >= 0.3 is 0 Å². The number of H-pyrrole nitrogens is 1. The summed E-state index contributed by atoms with van der Waals surface area (Å²) in [6, 6.07) is 1.52. The molecule has 0 aliphatic heterocycles. The minimum Gasteiger partial charge on any atom is -0.384 e. The number of nitrogens with one attached hydrogen (secondary N) is 1. The molecule has 2 atom stereocenters. The number of aromatic nitrogens is 2. The van der Waals surface area contributed by atoms with Gasteiger partial charge in [-0.1, -0.05) is 0 Å². The van der Waals surface area contributed by atoms with E-state index in [-0.39, 0.29) is 0 Å². The summed E-state index contributed by atoms with van der Waals surface area (Å²) in [4.78, 5) is 0. The van der Waals surface area contributed by atoms with Crippen molar-refractivity contribution in [2.24, 2.45) is 0 Å². The molecule has 1 aromatic rings. The molecule has 0 saturated heterocycles. The Bertz CT molecular complexity index is 251. The Kier molecular flexibility index (Phi) is 2.21. The zero-order valence-electron chi connectivity index (χ0n) is 5.60. The molecule has 5 heteroatoms. The highest BCUT2D eigenvalue weighted by molar-refractivity contribution is 5.11. The summed E-state index contributed by atoms with van der Waals surface area (Å²) < 4.78 is 0. The molecule has 2 unspecified atom stereocenters. The van der Waals surface area contributed by atoms with Gasteiger partial charge in [-0.2, -0.15) is 10.4 Å². The zero-order chi connectivity index (χ0) is 8.27. The average molecular weight is 153 g/mol. The number of aliphatic hydroxyl groups excluding tert-OH is 2. The zero-order valence-corrected chi connectivity index (χ0v) is 5.60. The van der Waals surface area contributed by atoms with Crippen molar-refractivity contribution >= 4 is 0 Å². The SMILES string of the molecule is N#CC(O)C(O)c1cn[nH]c1. The first-order valence-corrected chi connectivity index (χ1v) is 3.00. The van der Waals surface area contributed by atoms with Crippen LogP contribution in [0.2, 0.25) is 0 Å². The minimum absolute atomic E-state index is 0.402. The van der Waals surface area contributed by atoms with Gasteiger partial charge in [-0.3, -0.25) is 5.10 Å². The maximum atomic E-state index is 9.15. The lowest BCUT2D eigenvalue weighted by molar-refractivity contribution is 0.0528. The molecule has 1 aromatic heterocycles. The topological polar surface area (TPSA) is 92.9 Å². The number of hydrogen-bond acceptors (Lipinski definition) is 4. The number of rotatable bonds is 2. The molecule has 0 amide bonds. The molecule has 0 radical (unpaired) electrons. The Morgan fingerprint density at radius 2 is 2.36 bits per heavy atom. The molecule has 0 saturated carbocycles. The molecule has 0 bridgehead atoms. The largest absolute Gasteiger partial charge is 0.384 e. The van der Waals surface area contributed by atoms with E-state index in [1.807, 2.05) is 0 Å². The molecule has 0 aliphatic rings. The molecule has 0 aromatic carbocycles. The second kappa shape index (κ2) is 3.14. The second-order valence-electron chi connectivity index (χ2n) is 2.05. The first kappa shape index (κ1) is 7.72. The first-order valence-electron chi connectivity index (χ1n) is 3.00. The van der Waals surface area contributed by atoms with Gasteiger partial charge in [0.1, 0.15) is 6.10 Å². The Morgan fingerprint density at radius 1 is 1.64 bits per heavy atom. The monoisotopic (exact) mass is 153 g/mol. The summed E-state index contributed by atoms with van der Waals surface area (Å²) in [7, 11) is 0. The van der Waals surface area contributed by atoms with Crippen molar-refractivity contribution in [3.63, 3.8) is 0 Å². The van der Waals surface area contributed by atoms with Crippen molar-refractivity contribution in [3.8, 4) is 6.07 Å². The lowest BCUT2D eigenvalue weighted by Crippen LogP contribution is -2.14. The fourth-order valence-corrected chi connectivity index (χ4v) is 0.676. The quantitative estimate of drug-likeness (QED) is 0.491. The van der Waals surface area contributed by atoms with E-state index in [0.29, 0.717) is 5.56 Å². The van der Waals surface area contributed by atoms with E-state index in [0.717, 1.165) is 0 Å². The van der Waals surface area contributed by atoms with Crippen LogP contribution in [-0.4, -0.2) is 26.5 Å². The molecule has 0 fully saturated rings. The average Bonchev–Trinajstić information content (AvgIpc) is 2.53. The van der Waals surface area contributed by atoms with E-state index in [2.05, 4.69) is 10.2 Å². The van der Waals surface area contributed by atoms with Crippen LogP contribution in [0.4, 0.5) is 0 Å². The molecule has 0 aliphatic carbocycles. The highest BCUT2D eigenvalue weighted by Crippen LogP contribution is 2.13. The van der Waals surface area contributed by atoms with Gasteiger partial charge in [0.05, 0.1) is 12.3 Å².